The first kappa shape index (κ1) is 18.2. The van der Waals surface area contributed by atoms with Crippen molar-refractivity contribution in [1.29, 1.82) is 0 Å². The third kappa shape index (κ3) is 4.93. The van der Waals surface area contributed by atoms with Gasteiger partial charge < -0.3 is 14.7 Å². The van der Waals surface area contributed by atoms with Gasteiger partial charge in [0.05, 0.1) is 4.92 Å². The maximum absolute atomic E-state index is 10.7. The number of aliphatic hydroxyl groups excluding tert-OH is 1. The SMILES string of the molecule is O=[N+]([O-])c1ccc(N2CCN(C[C@H](O)COc3ccccc3)CC2)cc1. The summed E-state index contributed by atoms with van der Waals surface area (Å²) in [4.78, 5) is 14.8. The van der Waals surface area contributed by atoms with Crippen LogP contribution in [0.3, 0.4) is 0 Å². The van der Waals surface area contributed by atoms with Gasteiger partial charge in [-0.3, -0.25) is 15.0 Å². The van der Waals surface area contributed by atoms with Crippen molar-refractivity contribution in [3.8, 4) is 5.75 Å². The van der Waals surface area contributed by atoms with Gasteiger partial charge >= 0.3 is 0 Å². The van der Waals surface area contributed by atoms with Crippen LogP contribution >= 0.6 is 0 Å². The summed E-state index contributed by atoms with van der Waals surface area (Å²) in [6.45, 7) is 4.15. The Morgan fingerprint density at radius 1 is 1.04 bits per heavy atom. The fourth-order valence-corrected chi connectivity index (χ4v) is 3.03. The molecule has 0 saturated carbocycles. The van der Waals surface area contributed by atoms with Crippen LogP contribution in [0.15, 0.2) is 54.6 Å². The Bertz CT molecular complexity index is 700. The number of aliphatic hydroxyl groups is 1. The Labute approximate surface area is 152 Å². The van der Waals surface area contributed by atoms with E-state index in [1.807, 2.05) is 30.3 Å². The number of piperazine rings is 1. The van der Waals surface area contributed by atoms with Gasteiger partial charge in [-0.05, 0) is 24.3 Å². The van der Waals surface area contributed by atoms with Crippen molar-refractivity contribution < 1.29 is 14.8 Å². The molecular weight excluding hydrogens is 334 g/mol. The number of nitro groups is 1. The maximum Gasteiger partial charge on any atom is 0.269 e. The lowest BCUT2D eigenvalue weighted by Gasteiger charge is -2.36. The molecular formula is C19H23N3O4. The fraction of sp³-hybridized carbons (Fsp3) is 0.368. The zero-order chi connectivity index (χ0) is 18.4. The molecule has 0 aromatic heterocycles. The summed E-state index contributed by atoms with van der Waals surface area (Å²) in [5.41, 5.74) is 1.09. The predicted octanol–water partition coefficient (Wildman–Crippen LogP) is 2.16. The first-order valence-corrected chi connectivity index (χ1v) is 8.69. The van der Waals surface area contributed by atoms with Crippen LogP contribution in [0.1, 0.15) is 0 Å². The van der Waals surface area contributed by atoms with E-state index in [0.717, 1.165) is 37.6 Å². The van der Waals surface area contributed by atoms with Crippen LogP contribution in [0.2, 0.25) is 0 Å². The van der Waals surface area contributed by atoms with Gasteiger partial charge in [0.2, 0.25) is 0 Å². The van der Waals surface area contributed by atoms with E-state index in [0.29, 0.717) is 6.54 Å². The number of non-ortho nitro benzene ring substituents is 1. The Hall–Kier alpha value is -2.64. The molecule has 1 aliphatic rings. The highest BCUT2D eigenvalue weighted by Gasteiger charge is 2.20. The molecule has 26 heavy (non-hydrogen) atoms. The smallest absolute Gasteiger partial charge is 0.269 e. The van der Waals surface area contributed by atoms with E-state index in [1.165, 1.54) is 12.1 Å². The van der Waals surface area contributed by atoms with Gasteiger partial charge in [0, 0.05) is 50.5 Å². The van der Waals surface area contributed by atoms with E-state index in [1.54, 1.807) is 12.1 Å². The van der Waals surface area contributed by atoms with Crippen LogP contribution in [0.4, 0.5) is 11.4 Å². The van der Waals surface area contributed by atoms with Crippen LogP contribution in [0, 0.1) is 10.1 Å². The summed E-state index contributed by atoms with van der Waals surface area (Å²) in [5, 5.41) is 20.9. The van der Waals surface area contributed by atoms with Crippen LogP contribution < -0.4 is 9.64 Å². The summed E-state index contributed by atoms with van der Waals surface area (Å²) in [6.07, 6.45) is -0.541. The van der Waals surface area contributed by atoms with Crippen molar-refractivity contribution >= 4 is 11.4 Å². The standard InChI is InChI=1S/C19H23N3O4/c23-18(15-26-19-4-2-1-3-5-19)14-20-10-12-21(13-11-20)16-6-8-17(9-7-16)22(24)25/h1-9,18,23H,10-15H2/t18-/m0/s1. The molecule has 1 fully saturated rings. The minimum atomic E-state index is -0.541. The summed E-state index contributed by atoms with van der Waals surface area (Å²) in [7, 11) is 0. The molecule has 0 amide bonds. The molecule has 1 heterocycles. The molecule has 1 aliphatic heterocycles. The Balaban J connectivity index is 1.42. The first-order valence-electron chi connectivity index (χ1n) is 8.69. The number of para-hydroxylation sites is 1. The molecule has 0 aliphatic carbocycles. The molecule has 1 saturated heterocycles. The lowest BCUT2D eigenvalue weighted by Crippen LogP contribution is -2.49. The third-order valence-electron chi connectivity index (χ3n) is 4.45. The summed E-state index contributed by atoms with van der Waals surface area (Å²) in [5.74, 6) is 0.759. The van der Waals surface area contributed by atoms with Crippen molar-refractivity contribution in [2.75, 3.05) is 44.2 Å². The minimum Gasteiger partial charge on any atom is -0.491 e. The van der Waals surface area contributed by atoms with Gasteiger partial charge in [0.25, 0.3) is 5.69 Å². The topological polar surface area (TPSA) is 79.1 Å². The Morgan fingerprint density at radius 3 is 2.31 bits per heavy atom. The van der Waals surface area contributed by atoms with Gasteiger partial charge in [-0.25, -0.2) is 0 Å². The molecule has 2 aromatic carbocycles. The predicted molar refractivity (Wildman–Crippen MR) is 99.7 cm³/mol. The highest BCUT2D eigenvalue weighted by atomic mass is 16.6. The molecule has 1 N–H and O–H groups in total. The van der Waals surface area contributed by atoms with Crippen LogP contribution in [0.25, 0.3) is 0 Å². The molecule has 0 unspecified atom stereocenters. The lowest BCUT2D eigenvalue weighted by atomic mass is 10.2. The number of anilines is 1. The van der Waals surface area contributed by atoms with Crippen molar-refractivity contribution in [2.45, 2.75) is 6.10 Å². The number of β-amino-alcohol motifs (C(OH)–C–C–N with tert-alkyl or cyclic N) is 1. The lowest BCUT2D eigenvalue weighted by molar-refractivity contribution is -0.384. The molecule has 7 nitrogen and oxygen atoms in total. The average Bonchev–Trinajstić information content (AvgIpc) is 2.68. The van der Waals surface area contributed by atoms with Gasteiger partial charge in [0.15, 0.2) is 0 Å². The minimum absolute atomic E-state index is 0.105. The van der Waals surface area contributed by atoms with E-state index in [2.05, 4.69) is 9.80 Å². The van der Waals surface area contributed by atoms with Gasteiger partial charge in [-0.2, -0.15) is 0 Å². The largest absolute Gasteiger partial charge is 0.491 e. The number of nitrogens with zero attached hydrogens (tertiary/aromatic N) is 3. The quantitative estimate of drug-likeness (QED) is 0.604. The summed E-state index contributed by atoms with van der Waals surface area (Å²) >= 11 is 0. The van der Waals surface area contributed by atoms with E-state index >= 15 is 0 Å². The van der Waals surface area contributed by atoms with E-state index in [4.69, 9.17) is 4.74 Å². The highest BCUT2D eigenvalue weighted by Crippen LogP contribution is 2.20. The Morgan fingerprint density at radius 2 is 1.69 bits per heavy atom. The van der Waals surface area contributed by atoms with Crippen LogP contribution in [-0.2, 0) is 0 Å². The molecule has 0 bridgehead atoms. The monoisotopic (exact) mass is 357 g/mol. The first-order chi connectivity index (χ1) is 12.6. The second kappa shape index (κ2) is 8.64. The van der Waals surface area contributed by atoms with E-state index in [-0.39, 0.29) is 17.2 Å². The van der Waals surface area contributed by atoms with Crippen molar-refractivity contribution in [3.05, 3.63) is 64.7 Å². The zero-order valence-electron chi connectivity index (χ0n) is 14.5. The molecule has 1 atom stereocenters. The fourth-order valence-electron chi connectivity index (χ4n) is 3.03. The van der Waals surface area contributed by atoms with Crippen molar-refractivity contribution in [3.63, 3.8) is 0 Å². The number of ether oxygens (including phenoxy) is 1. The molecule has 3 rings (SSSR count). The number of benzene rings is 2. The van der Waals surface area contributed by atoms with Gasteiger partial charge in [-0.15, -0.1) is 0 Å². The molecule has 2 aromatic rings. The van der Waals surface area contributed by atoms with E-state index in [9.17, 15) is 15.2 Å². The number of rotatable bonds is 7. The third-order valence-corrected chi connectivity index (χ3v) is 4.45. The maximum atomic E-state index is 10.7. The van der Waals surface area contributed by atoms with Crippen molar-refractivity contribution in [2.24, 2.45) is 0 Å². The molecule has 138 valence electrons. The highest BCUT2D eigenvalue weighted by molar-refractivity contribution is 5.51. The average molecular weight is 357 g/mol. The number of hydrogen-bond donors (Lipinski definition) is 1. The van der Waals surface area contributed by atoms with Crippen LogP contribution in [-0.4, -0.2) is 60.4 Å². The molecule has 0 radical (unpaired) electrons. The normalized spacial score (nSPS) is 16.3. The molecule has 0 spiro atoms. The van der Waals surface area contributed by atoms with Crippen LogP contribution in [0.5, 0.6) is 5.75 Å². The second-order valence-corrected chi connectivity index (χ2v) is 6.34. The molecule has 7 heteroatoms. The van der Waals surface area contributed by atoms with Crippen molar-refractivity contribution in [1.82, 2.24) is 4.90 Å². The van der Waals surface area contributed by atoms with E-state index < -0.39 is 6.10 Å². The second-order valence-electron chi connectivity index (χ2n) is 6.34. The number of hydrogen-bond acceptors (Lipinski definition) is 6. The summed E-state index contributed by atoms with van der Waals surface area (Å²) in [6, 6.07) is 16.1. The van der Waals surface area contributed by atoms with Gasteiger partial charge in [-0.1, -0.05) is 18.2 Å². The summed E-state index contributed by atoms with van der Waals surface area (Å²) < 4.78 is 5.59. The number of nitro benzene ring substituents is 1. The van der Waals surface area contributed by atoms with Gasteiger partial charge in [0.1, 0.15) is 18.5 Å². The zero-order valence-corrected chi connectivity index (χ0v) is 14.5. The Kier molecular flexibility index (Phi) is 6.04.